The van der Waals surface area contributed by atoms with Gasteiger partial charge in [-0.05, 0) is 36.2 Å². The highest BCUT2D eigenvalue weighted by Gasteiger charge is 2.16. The molecule has 1 N–H and O–H groups in total. The zero-order valence-corrected chi connectivity index (χ0v) is 17.6. The van der Waals surface area contributed by atoms with Crippen molar-refractivity contribution in [1.82, 2.24) is 10.3 Å². The molecule has 160 valence electrons. The number of esters is 1. The number of methoxy groups -OCH3 is 1. The van der Waals surface area contributed by atoms with Gasteiger partial charge in [0.15, 0.2) is 5.76 Å². The van der Waals surface area contributed by atoms with Crippen LogP contribution in [0.25, 0.3) is 22.8 Å². The maximum absolute atomic E-state index is 12.8. The highest BCUT2D eigenvalue weighted by molar-refractivity contribution is 6.00. The third kappa shape index (κ3) is 4.75. The summed E-state index contributed by atoms with van der Waals surface area (Å²) in [5.74, 6) is 0.467. The van der Waals surface area contributed by atoms with Gasteiger partial charge >= 0.3 is 5.97 Å². The maximum atomic E-state index is 12.8. The molecule has 1 aromatic heterocycles. The van der Waals surface area contributed by atoms with Gasteiger partial charge in [-0.3, -0.25) is 4.79 Å². The van der Waals surface area contributed by atoms with Crippen molar-refractivity contribution in [2.24, 2.45) is 0 Å². The van der Waals surface area contributed by atoms with Crippen molar-refractivity contribution in [2.45, 2.75) is 6.42 Å². The summed E-state index contributed by atoms with van der Waals surface area (Å²) in [6.07, 6.45) is 2.30. The number of carbonyl (C=O) groups is 2. The molecule has 0 fully saturated rings. The Morgan fingerprint density at radius 2 is 1.66 bits per heavy atom. The second-order valence-corrected chi connectivity index (χ2v) is 7.14. The predicted octanol–water partition coefficient (Wildman–Crippen LogP) is 4.77. The van der Waals surface area contributed by atoms with E-state index in [2.05, 4.69) is 10.3 Å². The lowest BCUT2D eigenvalue weighted by molar-refractivity contribution is 0.0600. The standard InChI is InChI=1S/C26H22N2O4/c1-31-26(30)20-13-11-18(12-14-20)15-16-27-24(29)21-9-5-6-10-22(21)25-28-17-23(32-25)19-7-3-2-4-8-19/h2-14,17H,15-16H2,1H3,(H,27,29). The molecule has 0 atom stereocenters. The lowest BCUT2D eigenvalue weighted by atomic mass is 10.1. The molecule has 0 aliphatic carbocycles. The van der Waals surface area contributed by atoms with Crippen LogP contribution in [0.5, 0.6) is 0 Å². The summed E-state index contributed by atoms with van der Waals surface area (Å²) in [6, 6.07) is 24.1. The average Bonchev–Trinajstić information content (AvgIpc) is 3.35. The van der Waals surface area contributed by atoms with E-state index in [0.29, 0.717) is 41.3 Å². The van der Waals surface area contributed by atoms with Crippen LogP contribution in [0.4, 0.5) is 0 Å². The van der Waals surface area contributed by atoms with Gasteiger partial charge in [-0.25, -0.2) is 9.78 Å². The molecule has 1 heterocycles. The van der Waals surface area contributed by atoms with E-state index in [4.69, 9.17) is 9.15 Å². The van der Waals surface area contributed by atoms with E-state index in [0.717, 1.165) is 11.1 Å². The van der Waals surface area contributed by atoms with Gasteiger partial charge in [-0.1, -0.05) is 54.6 Å². The summed E-state index contributed by atoms with van der Waals surface area (Å²) in [7, 11) is 1.35. The average molecular weight is 426 g/mol. The number of oxazole rings is 1. The lowest BCUT2D eigenvalue weighted by Gasteiger charge is -2.09. The van der Waals surface area contributed by atoms with E-state index < -0.39 is 0 Å². The summed E-state index contributed by atoms with van der Waals surface area (Å²) >= 11 is 0. The fourth-order valence-corrected chi connectivity index (χ4v) is 3.34. The molecule has 0 radical (unpaired) electrons. The van der Waals surface area contributed by atoms with Gasteiger partial charge in [0.2, 0.25) is 5.89 Å². The quantitative estimate of drug-likeness (QED) is 0.431. The summed E-state index contributed by atoms with van der Waals surface area (Å²) in [5.41, 5.74) is 3.55. The molecule has 0 saturated heterocycles. The minimum Gasteiger partial charge on any atom is -0.465 e. The molecule has 0 spiro atoms. The van der Waals surface area contributed by atoms with Gasteiger partial charge < -0.3 is 14.5 Å². The Morgan fingerprint density at radius 3 is 2.41 bits per heavy atom. The minimum atomic E-state index is -0.372. The molecular formula is C26H22N2O4. The van der Waals surface area contributed by atoms with Crippen molar-refractivity contribution in [2.75, 3.05) is 13.7 Å². The van der Waals surface area contributed by atoms with Crippen LogP contribution in [0.1, 0.15) is 26.3 Å². The number of nitrogens with one attached hydrogen (secondary N) is 1. The van der Waals surface area contributed by atoms with Crippen molar-refractivity contribution < 1.29 is 18.7 Å². The Bertz CT molecular complexity index is 1210. The second kappa shape index (κ2) is 9.75. The number of amides is 1. The van der Waals surface area contributed by atoms with Crippen molar-refractivity contribution in [3.8, 4) is 22.8 Å². The van der Waals surface area contributed by atoms with Crippen LogP contribution < -0.4 is 5.32 Å². The fraction of sp³-hybridized carbons (Fsp3) is 0.115. The first-order valence-corrected chi connectivity index (χ1v) is 10.2. The monoisotopic (exact) mass is 426 g/mol. The molecule has 4 aromatic rings. The molecule has 4 rings (SSSR count). The molecule has 6 nitrogen and oxygen atoms in total. The number of hydrogen-bond donors (Lipinski definition) is 1. The molecule has 0 aliphatic heterocycles. The molecule has 1 amide bonds. The van der Waals surface area contributed by atoms with Crippen molar-refractivity contribution in [3.05, 3.63) is 102 Å². The topological polar surface area (TPSA) is 81.4 Å². The van der Waals surface area contributed by atoms with Crippen LogP contribution in [0.15, 0.2) is 89.5 Å². The van der Waals surface area contributed by atoms with E-state index >= 15 is 0 Å². The summed E-state index contributed by atoms with van der Waals surface area (Å²) in [6.45, 7) is 0.450. The first-order valence-electron chi connectivity index (χ1n) is 10.2. The normalized spacial score (nSPS) is 10.5. The largest absolute Gasteiger partial charge is 0.465 e. The van der Waals surface area contributed by atoms with Gasteiger partial charge in [-0.2, -0.15) is 0 Å². The number of ether oxygens (including phenoxy) is 1. The Hall–Kier alpha value is -4.19. The fourth-order valence-electron chi connectivity index (χ4n) is 3.34. The SMILES string of the molecule is COC(=O)c1ccc(CCNC(=O)c2ccccc2-c2ncc(-c3ccccc3)o2)cc1. The van der Waals surface area contributed by atoms with Gasteiger partial charge in [0.1, 0.15) is 0 Å². The van der Waals surface area contributed by atoms with Gasteiger partial charge in [-0.15, -0.1) is 0 Å². The zero-order chi connectivity index (χ0) is 22.3. The Kier molecular flexibility index (Phi) is 6.41. The molecule has 6 heteroatoms. The smallest absolute Gasteiger partial charge is 0.337 e. The number of aromatic nitrogens is 1. The van der Waals surface area contributed by atoms with Gasteiger partial charge in [0.25, 0.3) is 5.91 Å². The Balaban J connectivity index is 1.43. The van der Waals surface area contributed by atoms with Gasteiger partial charge in [0.05, 0.1) is 24.4 Å². The Labute approximate surface area is 185 Å². The summed E-state index contributed by atoms with van der Waals surface area (Å²) in [4.78, 5) is 28.7. The summed E-state index contributed by atoms with van der Waals surface area (Å²) < 4.78 is 10.6. The van der Waals surface area contributed by atoms with Crippen LogP contribution in [-0.2, 0) is 11.2 Å². The minimum absolute atomic E-state index is 0.203. The van der Waals surface area contributed by atoms with Crippen LogP contribution in [0.2, 0.25) is 0 Å². The number of rotatable bonds is 7. The molecule has 32 heavy (non-hydrogen) atoms. The van der Waals surface area contributed by atoms with E-state index in [1.54, 1.807) is 24.4 Å². The zero-order valence-electron chi connectivity index (χ0n) is 17.6. The highest BCUT2D eigenvalue weighted by Crippen LogP contribution is 2.28. The lowest BCUT2D eigenvalue weighted by Crippen LogP contribution is -2.26. The van der Waals surface area contributed by atoms with Crippen molar-refractivity contribution in [1.29, 1.82) is 0 Å². The van der Waals surface area contributed by atoms with E-state index in [1.807, 2.05) is 60.7 Å². The van der Waals surface area contributed by atoms with E-state index in [-0.39, 0.29) is 11.9 Å². The number of nitrogens with zero attached hydrogens (tertiary/aromatic N) is 1. The first-order chi connectivity index (χ1) is 15.7. The maximum Gasteiger partial charge on any atom is 0.337 e. The molecule has 0 aliphatic rings. The third-order valence-corrected chi connectivity index (χ3v) is 5.04. The van der Waals surface area contributed by atoms with Gasteiger partial charge in [0, 0.05) is 17.7 Å². The van der Waals surface area contributed by atoms with Crippen LogP contribution in [0, 0.1) is 0 Å². The highest BCUT2D eigenvalue weighted by atomic mass is 16.5. The number of hydrogen-bond acceptors (Lipinski definition) is 5. The van der Waals surface area contributed by atoms with E-state index in [1.165, 1.54) is 7.11 Å². The van der Waals surface area contributed by atoms with Crippen LogP contribution in [0.3, 0.4) is 0 Å². The molecule has 0 bridgehead atoms. The predicted molar refractivity (Wildman–Crippen MR) is 121 cm³/mol. The summed E-state index contributed by atoms with van der Waals surface area (Å²) in [5, 5.41) is 2.94. The van der Waals surface area contributed by atoms with Crippen molar-refractivity contribution >= 4 is 11.9 Å². The molecule has 3 aromatic carbocycles. The number of carbonyl (C=O) groups excluding carboxylic acids is 2. The van der Waals surface area contributed by atoms with Crippen LogP contribution in [-0.4, -0.2) is 30.5 Å². The third-order valence-electron chi connectivity index (χ3n) is 5.04. The Morgan fingerprint density at radius 1 is 0.938 bits per heavy atom. The second-order valence-electron chi connectivity index (χ2n) is 7.14. The first kappa shape index (κ1) is 21.1. The molecular weight excluding hydrogens is 404 g/mol. The van der Waals surface area contributed by atoms with E-state index in [9.17, 15) is 9.59 Å². The number of benzene rings is 3. The van der Waals surface area contributed by atoms with Crippen molar-refractivity contribution in [3.63, 3.8) is 0 Å². The molecule has 0 saturated carbocycles. The van der Waals surface area contributed by atoms with Crippen LogP contribution >= 0.6 is 0 Å². The molecule has 0 unspecified atom stereocenters.